The van der Waals surface area contributed by atoms with Crippen molar-refractivity contribution < 1.29 is 19.1 Å². The van der Waals surface area contributed by atoms with E-state index in [4.69, 9.17) is 9.47 Å². The molecule has 2 heterocycles. The van der Waals surface area contributed by atoms with E-state index in [2.05, 4.69) is 12.2 Å². The highest BCUT2D eigenvalue weighted by molar-refractivity contribution is 5.89. The highest BCUT2D eigenvalue weighted by Crippen LogP contribution is 2.40. The van der Waals surface area contributed by atoms with E-state index in [0.717, 1.165) is 37.1 Å². The van der Waals surface area contributed by atoms with Crippen LogP contribution in [0.15, 0.2) is 18.2 Å². The number of nitrogens with one attached hydrogen (secondary N) is 1. The monoisotopic (exact) mass is 402 g/mol. The predicted octanol–water partition coefficient (Wildman–Crippen LogP) is 4.44. The van der Waals surface area contributed by atoms with Gasteiger partial charge in [-0.2, -0.15) is 0 Å². The molecule has 160 valence electrons. The lowest BCUT2D eigenvalue weighted by molar-refractivity contribution is -0.162. The average Bonchev–Trinajstić information content (AvgIpc) is 2.72. The van der Waals surface area contributed by atoms with Gasteiger partial charge in [0.05, 0.1) is 18.1 Å². The van der Waals surface area contributed by atoms with E-state index < -0.39 is 5.41 Å². The molecule has 1 aromatic carbocycles. The van der Waals surface area contributed by atoms with Gasteiger partial charge in [-0.25, -0.2) is 4.79 Å². The van der Waals surface area contributed by atoms with Crippen LogP contribution in [0.3, 0.4) is 0 Å². The van der Waals surface area contributed by atoms with Crippen LogP contribution < -0.4 is 5.32 Å². The molecule has 2 saturated heterocycles. The van der Waals surface area contributed by atoms with E-state index in [1.54, 1.807) is 4.90 Å². The molecule has 0 aromatic heterocycles. The molecule has 0 spiro atoms. The summed E-state index contributed by atoms with van der Waals surface area (Å²) in [6, 6.07) is 5.81. The SMILES string of the molecule is CCOC(=O)C1(C[C@@H]2CCCCO2)CCN(C(=O)Nc2ccc(C)c(C)c2)CC1. The highest BCUT2D eigenvalue weighted by Gasteiger charge is 2.45. The third-order valence-electron chi connectivity index (χ3n) is 6.37. The summed E-state index contributed by atoms with van der Waals surface area (Å²) < 4.78 is 11.3. The average molecular weight is 403 g/mol. The van der Waals surface area contributed by atoms with Crippen LogP contribution >= 0.6 is 0 Å². The molecule has 29 heavy (non-hydrogen) atoms. The number of piperidine rings is 1. The smallest absolute Gasteiger partial charge is 0.321 e. The predicted molar refractivity (Wildman–Crippen MR) is 113 cm³/mol. The second kappa shape index (κ2) is 9.61. The Morgan fingerprint density at radius 3 is 2.59 bits per heavy atom. The number of likely N-dealkylation sites (tertiary alicyclic amines) is 1. The fourth-order valence-electron chi connectivity index (χ4n) is 4.34. The van der Waals surface area contributed by atoms with Gasteiger partial charge in [0.1, 0.15) is 0 Å². The van der Waals surface area contributed by atoms with Crippen LogP contribution in [0, 0.1) is 19.3 Å². The largest absolute Gasteiger partial charge is 0.466 e. The van der Waals surface area contributed by atoms with Crippen molar-refractivity contribution in [3.8, 4) is 0 Å². The third-order valence-corrected chi connectivity index (χ3v) is 6.37. The summed E-state index contributed by atoms with van der Waals surface area (Å²) in [5.74, 6) is -0.136. The number of benzene rings is 1. The molecule has 0 saturated carbocycles. The number of hydrogen-bond acceptors (Lipinski definition) is 4. The number of nitrogens with zero attached hydrogens (tertiary/aromatic N) is 1. The molecular weight excluding hydrogens is 368 g/mol. The number of aryl methyl sites for hydroxylation is 2. The van der Waals surface area contributed by atoms with Crippen molar-refractivity contribution in [3.05, 3.63) is 29.3 Å². The minimum atomic E-state index is -0.546. The fourth-order valence-corrected chi connectivity index (χ4v) is 4.34. The second-order valence-electron chi connectivity index (χ2n) is 8.41. The van der Waals surface area contributed by atoms with Crippen LogP contribution in [0.5, 0.6) is 0 Å². The number of amides is 2. The Bertz CT molecular complexity index is 720. The normalized spacial score (nSPS) is 21.5. The topological polar surface area (TPSA) is 67.9 Å². The molecule has 6 nitrogen and oxygen atoms in total. The third kappa shape index (κ3) is 5.30. The minimum Gasteiger partial charge on any atom is -0.466 e. The second-order valence-corrected chi connectivity index (χ2v) is 8.41. The number of esters is 1. The molecule has 2 aliphatic rings. The maximum absolute atomic E-state index is 12.8. The fraction of sp³-hybridized carbons (Fsp3) is 0.652. The van der Waals surface area contributed by atoms with Gasteiger partial charge in [0.25, 0.3) is 0 Å². The van der Waals surface area contributed by atoms with E-state index in [-0.39, 0.29) is 18.1 Å². The number of carbonyl (C=O) groups excluding carboxylic acids is 2. The molecule has 0 unspecified atom stereocenters. The molecule has 0 radical (unpaired) electrons. The summed E-state index contributed by atoms with van der Waals surface area (Å²) in [7, 11) is 0. The first kappa shape index (κ1) is 21.6. The summed E-state index contributed by atoms with van der Waals surface area (Å²) in [6.07, 6.45) is 5.28. The lowest BCUT2D eigenvalue weighted by Gasteiger charge is -2.42. The van der Waals surface area contributed by atoms with Crippen molar-refractivity contribution in [2.24, 2.45) is 5.41 Å². The Hall–Kier alpha value is -2.08. The van der Waals surface area contributed by atoms with Crippen molar-refractivity contribution in [1.82, 2.24) is 4.90 Å². The van der Waals surface area contributed by atoms with E-state index >= 15 is 0 Å². The zero-order valence-electron chi connectivity index (χ0n) is 18.0. The van der Waals surface area contributed by atoms with Gasteiger partial charge in [-0.05, 0) is 82.6 Å². The quantitative estimate of drug-likeness (QED) is 0.740. The first-order valence-corrected chi connectivity index (χ1v) is 10.9. The molecule has 3 rings (SSSR count). The number of hydrogen-bond donors (Lipinski definition) is 1. The first-order valence-electron chi connectivity index (χ1n) is 10.9. The van der Waals surface area contributed by atoms with E-state index in [0.29, 0.717) is 39.0 Å². The zero-order chi connectivity index (χ0) is 20.9. The maximum Gasteiger partial charge on any atom is 0.321 e. The standard InChI is InChI=1S/C23H34N2O4/c1-4-28-21(26)23(16-20-7-5-6-14-29-20)10-12-25(13-11-23)22(27)24-19-9-8-17(2)18(3)15-19/h8-9,15,20H,4-7,10-14,16H2,1-3H3,(H,24,27)/t20-/m0/s1. The Morgan fingerprint density at radius 1 is 1.21 bits per heavy atom. The van der Waals surface area contributed by atoms with Crippen LogP contribution in [-0.4, -0.2) is 49.3 Å². The Balaban J connectivity index is 1.62. The van der Waals surface area contributed by atoms with Crippen LogP contribution in [0.25, 0.3) is 0 Å². The van der Waals surface area contributed by atoms with E-state index in [9.17, 15) is 9.59 Å². The van der Waals surface area contributed by atoms with Gasteiger partial charge in [0.15, 0.2) is 0 Å². The number of anilines is 1. The molecular formula is C23H34N2O4. The summed E-state index contributed by atoms with van der Waals surface area (Å²) >= 11 is 0. The Labute approximate surface area is 173 Å². The van der Waals surface area contributed by atoms with Crippen LogP contribution in [-0.2, 0) is 14.3 Å². The first-order chi connectivity index (χ1) is 13.9. The molecule has 0 bridgehead atoms. The van der Waals surface area contributed by atoms with E-state index in [1.165, 1.54) is 5.56 Å². The molecule has 1 aromatic rings. The molecule has 2 aliphatic heterocycles. The van der Waals surface area contributed by atoms with Crippen molar-refractivity contribution in [2.45, 2.75) is 65.4 Å². The zero-order valence-corrected chi connectivity index (χ0v) is 18.0. The summed E-state index contributed by atoms with van der Waals surface area (Å²) in [5, 5.41) is 2.99. The van der Waals surface area contributed by atoms with Gasteiger partial charge < -0.3 is 19.7 Å². The van der Waals surface area contributed by atoms with Crippen molar-refractivity contribution in [1.29, 1.82) is 0 Å². The lowest BCUT2D eigenvalue weighted by Crippen LogP contribution is -2.49. The number of rotatable bonds is 5. The van der Waals surface area contributed by atoms with Crippen LogP contribution in [0.4, 0.5) is 10.5 Å². The van der Waals surface area contributed by atoms with Gasteiger partial charge in [-0.1, -0.05) is 6.07 Å². The van der Waals surface area contributed by atoms with Crippen LogP contribution in [0.1, 0.15) is 56.6 Å². The molecule has 0 aliphatic carbocycles. The maximum atomic E-state index is 12.8. The van der Waals surface area contributed by atoms with E-state index in [1.807, 2.05) is 32.0 Å². The minimum absolute atomic E-state index is 0.111. The van der Waals surface area contributed by atoms with Gasteiger partial charge >= 0.3 is 12.0 Å². The van der Waals surface area contributed by atoms with Gasteiger partial charge in [0.2, 0.25) is 0 Å². The molecule has 1 N–H and O–H groups in total. The van der Waals surface area contributed by atoms with Gasteiger partial charge in [-0.3, -0.25) is 4.79 Å². The Morgan fingerprint density at radius 2 is 1.97 bits per heavy atom. The van der Waals surface area contributed by atoms with Crippen LogP contribution in [0.2, 0.25) is 0 Å². The Kier molecular flexibility index (Phi) is 7.17. The van der Waals surface area contributed by atoms with Crippen molar-refractivity contribution >= 4 is 17.7 Å². The molecule has 2 amide bonds. The van der Waals surface area contributed by atoms with Gasteiger partial charge in [0, 0.05) is 25.4 Å². The number of carbonyl (C=O) groups is 2. The number of ether oxygens (including phenoxy) is 2. The molecule has 6 heteroatoms. The lowest BCUT2D eigenvalue weighted by atomic mass is 9.73. The highest BCUT2D eigenvalue weighted by atomic mass is 16.5. The van der Waals surface area contributed by atoms with Crippen molar-refractivity contribution in [2.75, 3.05) is 31.6 Å². The van der Waals surface area contributed by atoms with Gasteiger partial charge in [-0.15, -0.1) is 0 Å². The molecule has 2 fully saturated rings. The van der Waals surface area contributed by atoms with Crippen molar-refractivity contribution in [3.63, 3.8) is 0 Å². The summed E-state index contributed by atoms with van der Waals surface area (Å²) in [5.41, 5.74) is 2.60. The number of urea groups is 1. The summed E-state index contributed by atoms with van der Waals surface area (Å²) in [4.78, 5) is 27.4. The summed E-state index contributed by atoms with van der Waals surface area (Å²) in [6.45, 7) is 8.17. The molecule has 1 atom stereocenters.